The zero-order valence-electron chi connectivity index (χ0n) is 8.58. The lowest BCUT2D eigenvalue weighted by molar-refractivity contribution is 0.101. The van der Waals surface area contributed by atoms with E-state index in [0.29, 0.717) is 5.69 Å². The van der Waals surface area contributed by atoms with Crippen LogP contribution in [0.15, 0.2) is 24.4 Å². The molecule has 0 atom stereocenters. The van der Waals surface area contributed by atoms with Crippen molar-refractivity contribution in [2.24, 2.45) is 0 Å². The van der Waals surface area contributed by atoms with Gasteiger partial charge in [-0.05, 0) is 12.1 Å². The van der Waals surface area contributed by atoms with Crippen molar-refractivity contribution in [1.82, 2.24) is 4.98 Å². The molecule has 0 fully saturated rings. The van der Waals surface area contributed by atoms with E-state index in [4.69, 9.17) is 0 Å². The van der Waals surface area contributed by atoms with E-state index in [1.165, 1.54) is 19.8 Å². The van der Waals surface area contributed by atoms with E-state index in [9.17, 15) is 4.79 Å². The van der Waals surface area contributed by atoms with Crippen LogP contribution in [0.3, 0.4) is 0 Å². The van der Waals surface area contributed by atoms with E-state index in [1.54, 1.807) is 24.4 Å². The van der Waals surface area contributed by atoms with Crippen LogP contribution in [0.1, 0.15) is 44.1 Å². The second kappa shape index (κ2) is 7.47. The van der Waals surface area contributed by atoms with Crippen LogP contribution in [0.2, 0.25) is 0 Å². The van der Waals surface area contributed by atoms with E-state index in [-0.39, 0.29) is 5.78 Å². The lowest BCUT2D eigenvalue weighted by Crippen LogP contribution is -1.93. The summed E-state index contributed by atoms with van der Waals surface area (Å²) in [7, 11) is 0. The monoisotopic (exact) mass is 179 g/mol. The number of Topliss-reactive ketones (excluding diaryl/α,β-unsaturated/α-hetero) is 1. The molecule has 1 heterocycles. The number of hydrogen-bond donors (Lipinski definition) is 0. The zero-order valence-corrected chi connectivity index (χ0v) is 8.58. The average Bonchev–Trinajstić information content (AvgIpc) is 2.19. The number of carbonyl (C=O) groups is 1. The largest absolute Gasteiger partial charge is 0.293 e. The van der Waals surface area contributed by atoms with Crippen molar-refractivity contribution in [3.05, 3.63) is 30.1 Å². The number of rotatable bonds is 2. The highest BCUT2D eigenvalue weighted by atomic mass is 16.1. The maximum absolute atomic E-state index is 10.6. The van der Waals surface area contributed by atoms with Crippen molar-refractivity contribution in [3.63, 3.8) is 0 Å². The molecule has 0 aliphatic carbocycles. The molecule has 0 radical (unpaired) electrons. The highest BCUT2D eigenvalue weighted by Gasteiger charge is 1.94. The molecular formula is C11H17NO. The minimum Gasteiger partial charge on any atom is -0.293 e. The number of unbranched alkanes of at least 4 members (excludes halogenated alkanes) is 1. The fourth-order valence-electron chi connectivity index (χ4n) is 0.571. The van der Waals surface area contributed by atoms with Crippen molar-refractivity contribution >= 4 is 5.78 Å². The number of nitrogens with zero attached hydrogens (tertiary/aromatic N) is 1. The normalized spacial score (nSPS) is 8.54. The van der Waals surface area contributed by atoms with Gasteiger partial charge in [-0.15, -0.1) is 0 Å². The Morgan fingerprint density at radius 1 is 1.31 bits per heavy atom. The smallest absolute Gasteiger partial charge is 0.178 e. The Hall–Kier alpha value is -1.18. The van der Waals surface area contributed by atoms with E-state index in [0.717, 1.165) is 0 Å². The van der Waals surface area contributed by atoms with Crippen LogP contribution in [-0.4, -0.2) is 10.8 Å². The molecule has 0 aliphatic rings. The Kier molecular flexibility index (Phi) is 6.79. The van der Waals surface area contributed by atoms with Crippen LogP contribution >= 0.6 is 0 Å². The number of aromatic nitrogens is 1. The van der Waals surface area contributed by atoms with Gasteiger partial charge in [-0.2, -0.15) is 0 Å². The predicted octanol–water partition coefficient (Wildman–Crippen LogP) is 3.09. The standard InChI is InChI=1S/C7H7NO.C4H10/c1-6(9)7-4-2-3-5-8-7;1-3-4-2/h2-5H,1H3;3-4H2,1-2H3. The summed E-state index contributed by atoms with van der Waals surface area (Å²) >= 11 is 0. The summed E-state index contributed by atoms with van der Waals surface area (Å²) < 4.78 is 0. The van der Waals surface area contributed by atoms with Crippen molar-refractivity contribution < 1.29 is 4.79 Å². The second-order valence-electron chi connectivity index (χ2n) is 2.77. The minimum atomic E-state index is 0.00981. The van der Waals surface area contributed by atoms with Gasteiger partial charge in [-0.25, -0.2) is 0 Å². The molecule has 0 aromatic carbocycles. The molecular weight excluding hydrogens is 162 g/mol. The number of ketones is 1. The molecule has 0 amide bonds. The van der Waals surface area contributed by atoms with Gasteiger partial charge in [0.15, 0.2) is 5.78 Å². The molecule has 0 saturated carbocycles. The summed E-state index contributed by atoms with van der Waals surface area (Å²) in [5.74, 6) is 0.00981. The Labute approximate surface area is 80.0 Å². The lowest BCUT2D eigenvalue weighted by atomic mass is 10.3. The summed E-state index contributed by atoms with van der Waals surface area (Å²) in [5, 5.41) is 0. The highest BCUT2D eigenvalue weighted by Crippen LogP contribution is 1.92. The number of pyridine rings is 1. The third-order valence-corrected chi connectivity index (χ3v) is 1.53. The number of carbonyl (C=O) groups excluding carboxylic acids is 1. The molecule has 1 aromatic rings. The predicted molar refractivity (Wildman–Crippen MR) is 54.8 cm³/mol. The van der Waals surface area contributed by atoms with Crippen molar-refractivity contribution in [3.8, 4) is 0 Å². The molecule has 2 heteroatoms. The SMILES string of the molecule is CC(=O)c1ccccn1.CCCC. The highest BCUT2D eigenvalue weighted by molar-refractivity contribution is 5.91. The van der Waals surface area contributed by atoms with E-state index in [1.807, 2.05) is 0 Å². The van der Waals surface area contributed by atoms with Crippen molar-refractivity contribution in [2.75, 3.05) is 0 Å². The molecule has 0 aliphatic heterocycles. The molecule has 1 rings (SSSR count). The molecule has 0 unspecified atom stereocenters. The van der Waals surface area contributed by atoms with Gasteiger partial charge in [-0.1, -0.05) is 32.8 Å². The van der Waals surface area contributed by atoms with Gasteiger partial charge in [0.25, 0.3) is 0 Å². The van der Waals surface area contributed by atoms with Crippen LogP contribution in [0, 0.1) is 0 Å². The summed E-state index contributed by atoms with van der Waals surface area (Å²) in [6, 6.07) is 5.28. The molecule has 72 valence electrons. The summed E-state index contributed by atoms with van der Waals surface area (Å²) in [4.78, 5) is 14.4. The van der Waals surface area contributed by atoms with E-state index >= 15 is 0 Å². The maximum atomic E-state index is 10.6. The van der Waals surface area contributed by atoms with Gasteiger partial charge in [0.1, 0.15) is 5.69 Å². The van der Waals surface area contributed by atoms with Crippen LogP contribution < -0.4 is 0 Å². The first-order valence-corrected chi connectivity index (χ1v) is 4.64. The molecule has 0 bridgehead atoms. The molecule has 13 heavy (non-hydrogen) atoms. The van der Waals surface area contributed by atoms with Crippen LogP contribution in [0.25, 0.3) is 0 Å². The van der Waals surface area contributed by atoms with Crippen molar-refractivity contribution in [1.29, 1.82) is 0 Å². The molecule has 0 N–H and O–H groups in total. The third-order valence-electron chi connectivity index (χ3n) is 1.53. The van der Waals surface area contributed by atoms with Gasteiger partial charge in [0.2, 0.25) is 0 Å². The third kappa shape index (κ3) is 6.02. The quantitative estimate of drug-likeness (QED) is 0.653. The first-order valence-electron chi connectivity index (χ1n) is 4.64. The van der Waals surface area contributed by atoms with E-state index in [2.05, 4.69) is 18.8 Å². The van der Waals surface area contributed by atoms with Gasteiger partial charge in [0, 0.05) is 13.1 Å². The average molecular weight is 179 g/mol. The van der Waals surface area contributed by atoms with Crippen LogP contribution in [0.5, 0.6) is 0 Å². The Balaban J connectivity index is 0.000000310. The molecule has 1 aromatic heterocycles. The Morgan fingerprint density at radius 3 is 2.15 bits per heavy atom. The van der Waals surface area contributed by atoms with Crippen molar-refractivity contribution in [2.45, 2.75) is 33.6 Å². The van der Waals surface area contributed by atoms with Crippen LogP contribution in [0.4, 0.5) is 0 Å². The Bertz CT molecular complexity index is 229. The van der Waals surface area contributed by atoms with Gasteiger partial charge in [0.05, 0.1) is 0 Å². The summed E-state index contributed by atoms with van der Waals surface area (Å²) in [6.45, 7) is 5.86. The topological polar surface area (TPSA) is 30.0 Å². The molecule has 0 spiro atoms. The maximum Gasteiger partial charge on any atom is 0.178 e. The van der Waals surface area contributed by atoms with E-state index < -0.39 is 0 Å². The second-order valence-corrected chi connectivity index (χ2v) is 2.77. The fraction of sp³-hybridized carbons (Fsp3) is 0.455. The van der Waals surface area contributed by atoms with Crippen LogP contribution in [-0.2, 0) is 0 Å². The van der Waals surface area contributed by atoms with Gasteiger partial charge >= 0.3 is 0 Å². The lowest BCUT2D eigenvalue weighted by Gasteiger charge is -1.88. The first-order chi connectivity index (χ1) is 6.22. The molecule has 2 nitrogen and oxygen atoms in total. The van der Waals surface area contributed by atoms with Gasteiger partial charge < -0.3 is 0 Å². The fourth-order valence-corrected chi connectivity index (χ4v) is 0.571. The minimum absolute atomic E-state index is 0.00981. The summed E-state index contributed by atoms with van der Waals surface area (Å²) in [5.41, 5.74) is 0.525. The van der Waals surface area contributed by atoms with Gasteiger partial charge in [-0.3, -0.25) is 9.78 Å². The Morgan fingerprint density at radius 2 is 1.92 bits per heavy atom. The zero-order chi connectivity index (χ0) is 10.1. The summed E-state index contributed by atoms with van der Waals surface area (Å²) in [6.07, 6.45) is 4.25. The number of hydrogen-bond acceptors (Lipinski definition) is 2. The first kappa shape index (κ1) is 11.8. The molecule has 0 saturated heterocycles.